The van der Waals surface area contributed by atoms with E-state index in [1.165, 1.54) is 11.1 Å². The zero-order chi connectivity index (χ0) is 25.1. The Morgan fingerprint density at radius 1 is 1.03 bits per heavy atom. The van der Waals surface area contributed by atoms with Crippen LogP contribution in [0.25, 0.3) is 22.0 Å². The smallest absolute Gasteiger partial charge is 0.274 e. The van der Waals surface area contributed by atoms with E-state index in [0.29, 0.717) is 11.4 Å². The topological polar surface area (TPSA) is 62.3 Å². The average Bonchev–Trinajstić information content (AvgIpc) is 3.38. The zero-order valence-corrected chi connectivity index (χ0v) is 21.5. The Kier molecular flexibility index (Phi) is 7.25. The van der Waals surface area contributed by atoms with Crippen molar-refractivity contribution in [2.45, 2.75) is 32.6 Å². The first-order valence-electron chi connectivity index (χ1n) is 13.0. The molecule has 2 N–H and O–H groups in total. The zero-order valence-electron chi connectivity index (χ0n) is 21.5. The quantitative estimate of drug-likeness (QED) is 0.357. The first-order valence-corrected chi connectivity index (χ1v) is 13.0. The van der Waals surface area contributed by atoms with E-state index < -0.39 is 0 Å². The third kappa shape index (κ3) is 5.25. The minimum absolute atomic E-state index is 0.0326. The van der Waals surface area contributed by atoms with Gasteiger partial charge in [0.1, 0.15) is 17.0 Å². The molecule has 1 aliphatic rings. The van der Waals surface area contributed by atoms with Gasteiger partial charge in [0, 0.05) is 62.1 Å². The summed E-state index contributed by atoms with van der Waals surface area (Å²) in [5.41, 5.74) is 5.08. The first-order chi connectivity index (χ1) is 17.5. The van der Waals surface area contributed by atoms with Crippen LogP contribution < -0.4 is 15.6 Å². The Balaban J connectivity index is 1.43. The maximum Gasteiger partial charge on any atom is 0.274 e. The van der Waals surface area contributed by atoms with E-state index in [1.54, 1.807) is 11.6 Å². The summed E-state index contributed by atoms with van der Waals surface area (Å²) >= 11 is 0. The third-order valence-corrected chi connectivity index (χ3v) is 7.13. The van der Waals surface area contributed by atoms with Gasteiger partial charge in [-0.25, -0.2) is 0 Å². The van der Waals surface area contributed by atoms with Crippen molar-refractivity contribution in [3.8, 4) is 22.6 Å². The van der Waals surface area contributed by atoms with Crippen LogP contribution in [-0.4, -0.2) is 47.2 Å². The SMILES string of the molecule is CC(C)c1ccc(Oc2cccc(CCCN3CCNCC3)c2)c(-c2cn(C)c(=O)c3[nH]ccc23)c1. The van der Waals surface area contributed by atoms with Gasteiger partial charge in [0.2, 0.25) is 0 Å². The molecule has 1 fully saturated rings. The number of ether oxygens (including phenoxy) is 1. The summed E-state index contributed by atoms with van der Waals surface area (Å²) in [5.74, 6) is 2.01. The maximum absolute atomic E-state index is 12.6. The molecule has 0 spiro atoms. The molecule has 0 aliphatic carbocycles. The van der Waals surface area contributed by atoms with Gasteiger partial charge in [-0.3, -0.25) is 4.79 Å². The standard InChI is InChI=1S/C30H36N4O2/c1-21(2)23-9-10-28(26(19-23)27-20-33(3)30(35)29-25(27)11-12-32-29)36-24-8-4-6-22(18-24)7-5-15-34-16-13-31-14-17-34/h4,6,8-12,18-21,31-32H,5,7,13-17H2,1-3H3. The number of H-pyrrole nitrogens is 1. The summed E-state index contributed by atoms with van der Waals surface area (Å²) in [6, 6.07) is 16.8. The Labute approximate surface area is 212 Å². The number of aromatic nitrogens is 2. The van der Waals surface area contributed by atoms with Gasteiger partial charge in [-0.2, -0.15) is 0 Å². The third-order valence-electron chi connectivity index (χ3n) is 7.13. The number of nitrogens with zero attached hydrogens (tertiary/aromatic N) is 2. The minimum atomic E-state index is -0.0326. The largest absolute Gasteiger partial charge is 0.457 e. The molecule has 6 nitrogen and oxygen atoms in total. The van der Waals surface area contributed by atoms with Gasteiger partial charge in [-0.1, -0.05) is 32.0 Å². The number of hydrogen-bond acceptors (Lipinski definition) is 4. The van der Waals surface area contributed by atoms with Crippen LogP contribution in [0.3, 0.4) is 0 Å². The summed E-state index contributed by atoms with van der Waals surface area (Å²) in [6.07, 6.45) is 5.91. The first kappa shape index (κ1) is 24.3. The van der Waals surface area contributed by atoms with Gasteiger partial charge in [-0.05, 0) is 66.8 Å². The van der Waals surface area contributed by atoms with Crippen molar-refractivity contribution in [2.75, 3.05) is 32.7 Å². The maximum atomic E-state index is 12.6. The Bertz CT molecular complexity index is 1400. The monoisotopic (exact) mass is 484 g/mol. The second kappa shape index (κ2) is 10.7. The summed E-state index contributed by atoms with van der Waals surface area (Å²) < 4.78 is 8.15. The van der Waals surface area contributed by atoms with Crippen molar-refractivity contribution in [1.29, 1.82) is 0 Å². The molecule has 0 saturated carbocycles. The molecule has 0 radical (unpaired) electrons. The van der Waals surface area contributed by atoms with Gasteiger partial charge in [-0.15, -0.1) is 0 Å². The highest BCUT2D eigenvalue weighted by molar-refractivity contribution is 5.96. The second-order valence-corrected chi connectivity index (χ2v) is 10.1. The fourth-order valence-electron chi connectivity index (χ4n) is 5.02. The summed E-state index contributed by atoms with van der Waals surface area (Å²) in [7, 11) is 1.79. The molecule has 1 aliphatic heterocycles. The molecule has 0 bridgehead atoms. The van der Waals surface area contributed by atoms with Crippen LogP contribution in [0, 0.1) is 0 Å². The minimum Gasteiger partial charge on any atom is -0.457 e. The second-order valence-electron chi connectivity index (χ2n) is 10.1. The lowest BCUT2D eigenvalue weighted by Gasteiger charge is -2.27. The lowest BCUT2D eigenvalue weighted by atomic mass is 9.95. The van der Waals surface area contributed by atoms with Gasteiger partial charge < -0.3 is 24.5 Å². The van der Waals surface area contributed by atoms with Crippen molar-refractivity contribution in [3.05, 3.63) is 82.4 Å². The number of rotatable bonds is 8. The Morgan fingerprint density at radius 3 is 2.67 bits per heavy atom. The van der Waals surface area contributed by atoms with Gasteiger partial charge in [0.05, 0.1) is 0 Å². The number of piperazine rings is 1. The normalized spacial score (nSPS) is 14.6. The molecule has 2 aromatic heterocycles. The number of aromatic amines is 1. The van der Waals surface area contributed by atoms with Gasteiger partial charge in [0.15, 0.2) is 0 Å². The molecule has 6 heteroatoms. The predicted molar refractivity (Wildman–Crippen MR) is 147 cm³/mol. The number of pyridine rings is 1. The Hall–Kier alpha value is -3.35. The molecule has 1 saturated heterocycles. The van der Waals surface area contributed by atoms with E-state index in [2.05, 4.69) is 65.4 Å². The fourth-order valence-corrected chi connectivity index (χ4v) is 5.02. The van der Waals surface area contributed by atoms with E-state index >= 15 is 0 Å². The van der Waals surface area contributed by atoms with Crippen LogP contribution in [0.5, 0.6) is 11.5 Å². The van der Waals surface area contributed by atoms with Crippen molar-refractivity contribution in [1.82, 2.24) is 19.8 Å². The molecule has 188 valence electrons. The molecule has 0 atom stereocenters. The summed E-state index contributed by atoms with van der Waals surface area (Å²) in [6.45, 7) is 9.96. The number of aryl methyl sites for hydroxylation is 2. The van der Waals surface area contributed by atoms with Crippen LogP contribution in [0.15, 0.2) is 65.7 Å². The molecule has 4 aromatic rings. The summed E-state index contributed by atoms with van der Waals surface area (Å²) in [5, 5.41) is 4.32. The molecular formula is C30H36N4O2. The highest BCUT2D eigenvalue weighted by atomic mass is 16.5. The molecule has 36 heavy (non-hydrogen) atoms. The highest BCUT2D eigenvalue weighted by Crippen LogP contribution is 2.38. The lowest BCUT2D eigenvalue weighted by molar-refractivity contribution is 0.238. The van der Waals surface area contributed by atoms with Crippen LogP contribution >= 0.6 is 0 Å². The average molecular weight is 485 g/mol. The van der Waals surface area contributed by atoms with Crippen molar-refractivity contribution in [3.63, 3.8) is 0 Å². The van der Waals surface area contributed by atoms with Crippen LogP contribution in [0.4, 0.5) is 0 Å². The van der Waals surface area contributed by atoms with E-state index in [0.717, 1.165) is 73.6 Å². The van der Waals surface area contributed by atoms with E-state index in [4.69, 9.17) is 4.74 Å². The molecule has 0 amide bonds. The fraction of sp³-hybridized carbons (Fsp3) is 0.367. The molecule has 2 aromatic carbocycles. The van der Waals surface area contributed by atoms with Crippen LogP contribution in [0.2, 0.25) is 0 Å². The van der Waals surface area contributed by atoms with Crippen molar-refractivity contribution >= 4 is 10.9 Å². The summed E-state index contributed by atoms with van der Waals surface area (Å²) in [4.78, 5) is 18.3. The molecular weight excluding hydrogens is 448 g/mol. The molecule has 3 heterocycles. The van der Waals surface area contributed by atoms with E-state index in [9.17, 15) is 4.79 Å². The highest BCUT2D eigenvalue weighted by Gasteiger charge is 2.16. The number of hydrogen-bond donors (Lipinski definition) is 2. The van der Waals surface area contributed by atoms with Crippen LogP contribution in [-0.2, 0) is 13.5 Å². The lowest BCUT2D eigenvalue weighted by Crippen LogP contribution is -2.43. The number of fused-ring (bicyclic) bond motifs is 1. The van der Waals surface area contributed by atoms with Gasteiger partial charge in [0.25, 0.3) is 5.56 Å². The number of nitrogens with one attached hydrogen (secondary N) is 2. The van der Waals surface area contributed by atoms with Crippen LogP contribution in [0.1, 0.15) is 37.3 Å². The molecule has 5 rings (SSSR count). The van der Waals surface area contributed by atoms with Crippen molar-refractivity contribution < 1.29 is 4.74 Å². The number of benzene rings is 2. The van der Waals surface area contributed by atoms with E-state index in [1.807, 2.05) is 24.5 Å². The van der Waals surface area contributed by atoms with E-state index in [-0.39, 0.29) is 5.56 Å². The van der Waals surface area contributed by atoms with Crippen molar-refractivity contribution in [2.24, 2.45) is 7.05 Å². The molecule has 0 unspecified atom stereocenters. The van der Waals surface area contributed by atoms with Gasteiger partial charge >= 0.3 is 0 Å². The predicted octanol–water partition coefficient (Wildman–Crippen LogP) is 5.29. The Morgan fingerprint density at radius 2 is 1.86 bits per heavy atom.